The number of benzene rings is 2. The average Bonchev–Trinajstić information content (AvgIpc) is 2.82. The molecule has 1 saturated heterocycles. The number of anilines is 2. The Labute approximate surface area is 195 Å². The van der Waals surface area contributed by atoms with Gasteiger partial charge in [-0.3, -0.25) is 4.79 Å². The summed E-state index contributed by atoms with van der Waals surface area (Å²) in [7, 11) is 3.04. The van der Waals surface area contributed by atoms with E-state index in [1.54, 1.807) is 29.2 Å². The maximum atomic E-state index is 14.4. The van der Waals surface area contributed by atoms with E-state index in [2.05, 4.69) is 15.3 Å². The molecule has 2 aromatic carbocycles. The lowest BCUT2D eigenvalue weighted by molar-refractivity contribution is -0.137. The third kappa shape index (κ3) is 5.09. The van der Waals surface area contributed by atoms with Gasteiger partial charge in [0, 0.05) is 25.1 Å². The van der Waals surface area contributed by atoms with Gasteiger partial charge < -0.3 is 24.4 Å². The van der Waals surface area contributed by atoms with Crippen LogP contribution >= 0.6 is 11.6 Å². The van der Waals surface area contributed by atoms with Crippen molar-refractivity contribution in [3.8, 4) is 11.5 Å². The molecule has 0 radical (unpaired) electrons. The predicted octanol–water partition coefficient (Wildman–Crippen LogP) is 4.19. The van der Waals surface area contributed by atoms with E-state index in [9.17, 15) is 9.18 Å². The number of nitrogens with zero attached hydrogens (tertiary/aromatic N) is 3. The molecule has 174 valence electrons. The SMILES string of the molecule is COCC(=O)N1CCC[C@H](Oc2cc3ncnc(Nc4cccc(Cl)c4F)c3cc2OC)C1. The van der Waals surface area contributed by atoms with Gasteiger partial charge in [0.15, 0.2) is 17.3 Å². The number of aromatic nitrogens is 2. The zero-order valence-electron chi connectivity index (χ0n) is 18.3. The number of nitrogens with one attached hydrogen (secondary N) is 1. The molecule has 1 N–H and O–H groups in total. The summed E-state index contributed by atoms with van der Waals surface area (Å²) in [4.78, 5) is 22.5. The van der Waals surface area contributed by atoms with Gasteiger partial charge in [-0.05, 0) is 31.0 Å². The van der Waals surface area contributed by atoms with Crippen LogP contribution in [0.1, 0.15) is 12.8 Å². The highest BCUT2D eigenvalue weighted by molar-refractivity contribution is 6.31. The molecule has 1 atom stereocenters. The average molecular weight is 475 g/mol. The zero-order valence-corrected chi connectivity index (χ0v) is 19.1. The van der Waals surface area contributed by atoms with Crippen LogP contribution in [0.15, 0.2) is 36.7 Å². The largest absolute Gasteiger partial charge is 0.493 e. The van der Waals surface area contributed by atoms with Gasteiger partial charge in [-0.1, -0.05) is 17.7 Å². The lowest BCUT2D eigenvalue weighted by Crippen LogP contribution is -2.45. The minimum Gasteiger partial charge on any atom is -0.493 e. The molecule has 4 rings (SSSR count). The molecule has 1 fully saturated rings. The van der Waals surface area contributed by atoms with E-state index in [0.29, 0.717) is 41.3 Å². The molecule has 1 amide bonds. The molecule has 2 heterocycles. The number of hydrogen-bond acceptors (Lipinski definition) is 7. The second-order valence-electron chi connectivity index (χ2n) is 7.62. The molecular weight excluding hydrogens is 451 g/mol. The second-order valence-corrected chi connectivity index (χ2v) is 8.03. The number of halogens is 2. The number of carbonyl (C=O) groups is 1. The van der Waals surface area contributed by atoms with Crippen molar-refractivity contribution in [1.29, 1.82) is 0 Å². The topological polar surface area (TPSA) is 85.8 Å². The molecule has 8 nitrogen and oxygen atoms in total. The normalized spacial score (nSPS) is 16.0. The van der Waals surface area contributed by atoms with Crippen molar-refractivity contribution in [2.24, 2.45) is 0 Å². The van der Waals surface area contributed by atoms with Gasteiger partial charge in [0.1, 0.15) is 24.9 Å². The molecule has 0 spiro atoms. The van der Waals surface area contributed by atoms with Crippen LogP contribution in [-0.2, 0) is 9.53 Å². The van der Waals surface area contributed by atoms with Gasteiger partial charge in [-0.25, -0.2) is 14.4 Å². The van der Waals surface area contributed by atoms with E-state index in [1.807, 2.05) is 0 Å². The summed E-state index contributed by atoms with van der Waals surface area (Å²) in [6.07, 6.45) is 2.83. The van der Waals surface area contributed by atoms with Gasteiger partial charge in [0.25, 0.3) is 0 Å². The Morgan fingerprint density at radius 1 is 1.27 bits per heavy atom. The molecule has 0 bridgehead atoms. The zero-order chi connectivity index (χ0) is 23.4. The standard InChI is InChI=1S/C23H24ClFN4O4/c1-31-12-21(30)29-8-4-5-14(11-29)33-20-10-18-15(9-19(20)32-2)23(27-13-26-18)28-17-7-3-6-16(24)22(17)25/h3,6-7,9-10,13-14H,4-5,8,11-12H2,1-2H3,(H,26,27,28)/t14-/m0/s1. The number of piperidine rings is 1. The maximum absolute atomic E-state index is 14.4. The number of likely N-dealkylation sites (tertiary alicyclic amines) is 1. The first-order valence-electron chi connectivity index (χ1n) is 10.5. The first kappa shape index (κ1) is 23.0. The Balaban J connectivity index is 1.60. The van der Waals surface area contributed by atoms with E-state index < -0.39 is 5.82 Å². The number of amides is 1. The molecule has 1 aliphatic heterocycles. The van der Waals surface area contributed by atoms with Crippen molar-refractivity contribution >= 4 is 39.9 Å². The Kier molecular flexibility index (Phi) is 7.10. The molecule has 3 aromatic rings. The van der Waals surface area contributed by atoms with Crippen LogP contribution in [-0.4, -0.2) is 60.8 Å². The fourth-order valence-electron chi connectivity index (χ4n) is 3.80. The highest BCUT2D eigenvalue weighted by Crippen LogP contribution is 2.36. The lowest BCUT2D eigenvalue weighted by atomic mass is 10.1. The van der Waals surface area contributed by atoms with Crippen LogP contribution < -0.4 is 14.8 Å². The van der Waals surface area contributed by atoms with E-state index >= 15 is 0 Å². The Bertz CT molecular complexity index is 1160. The van der Waals surface area contributed by atoms with Crippen LogP contribution in [0.3, 0.4) is 0 Å². The number of carbonyl (C=O) groups excluding carboxylic acids is 1. The fraction of sp³-hybridized carbons (Fsp3) is 0.348. The minimum absolute atomic E-state index is 0.0112. The van der Waals surface area contributed by atoms with Crippen molar-refractivity contribution in [3.63, 3.8) is 0 Å². The van der Waals surface area contributed by atoms with Gasteiger partial charge in [-0.2, -0.15) is 0 Å². The number of ether oxygens (including phenoxy) is 3. The second kappa shape index (κ2) is 10.2. The first-order chi connectivity index (χ1) is 16.0. The van der Waals surface area contributed by atoms with Crippen LogP contribution in [0.25, 0.3) is 10.9 Å². The summed E-state index contributed by atoms with van der Waals surface area (Å²) in [5, 5.41) is 3.61. The third-order valence-corrected chi connectivity index (χ3v) is 5.71. The summed E-state index contributed by atoms with van der Waals surface area (Å²) in [5.74, 6) is 0.762. The number of fused-ring (bicyclic) bond motifs is 1. The van der Waals surface area contributed by atoms with Crippen molar-refractivity contribution in [1.82, 2.24) is 14.9 Å². The summed E-state index contributed by atoms with van der Waals surface area (Å²) in [6, 6.07) is 8.19. The monoisotopic (exact) mass is 474 g/mol. The Morgan fingerprint density at radius 3 is 2.91 bits per heavy atom. The van der Waals surface area contributed by atoms with Gasteiger partial charge in [0.05, 0.1) is 29.9 Å². The quantitative estimate of drug-likeness (QED) is 0.549. The summed E-state index contributed by atoms with van der Waals surface area (Å²) in [6.45, 7) is 1.19. The highest BCUT2D eigenvalue weighted by Gasteiger charge is 2.26. The van der Waals surface area contributed by atoms with E-state index in [1.165, 1.54) is 26.6 Å². The van der Waals surface area contributed by atoms with Crippen LogP contribution in [0.5, 0.6) is 11.5 Å². The van der Waals surface area contributed by atoms with Crippen molar-refractivity contribution in [3.05, 3.63) is 47.5 Å². The number of methoxy groups -OCH3 is 2. The molecule has 1 aromatic heterocycles. The van der Waals surface area contributed by atoms with E-state index in [0.717, 1.165) is 12.8 Å². The molecule has 10 heteroatoms. The lowest BCUT2D eigenvalue weighted by Gasteiger charge is -2.33. The molecule has 0 aliphatic carbocycles. The van der Waals surface area contributed by atoms with Gasteiger partial charge >= 0.3 is 0 Å². The molecule has 1 aliphatic rings. The molecule has 0 saturated carbocycles. The highest BCUT2D eigenvalue weighted by atomic mass is 35.5. The number of hydrogen-bond donors (Lipinski definition) is 1. The van der Waals surface area contributed by atoms with Crippen LogP contribution in [0.4, 0.5) is 15.9 Å². The summed E-state index contributed by atoms with van der Waals surface area (Å²) < 4.78 is 31.1. The minimum atomic E-state index is -0.567. The molecule has 33 heavy (non-hydrogen) atoms. The van der Waals surface area contributed by atoms with Crippen molar-refractivity contribution in [2.45, 2.75) is 18.9 Å². The fourth-order valence-corrected chi connectivity index (χ4v) is 3.97. The molecular formula is C23H24ClFN4O4. The van der Waals surface area contributed by atoms with E-state index in [-0.39, 0.29) is 29.3 Å². The Hall–Kier alpha value is -3.17. The maximum Gasteiger partial charge on any atom is 0.248 e. The predicted molar refractivity (Wildman–Crippen MR) is 123 cm³/mol. The van der Waals surface area contributed by atoms with Crippen molar-refractivity contribution in [2.75, 3.05) is 39.2 Å². The first-order valence-corrected chi connectivity index (χ1v) is 10.8. The van der Waals surface area contributed by atoms with Gasteiger partial charge in [0.2, 0.25) is 5.91 Å². The third-order valence-electron chi connectivity index (χ3n) is 5.42. The van der Waals surface area contributed by atoms with Gasteiger partial charge in [-0.15, -0.1) is 0 Å². The smallest absolute Gasteiger partial charge is 0.248 e. The number of rotatable bonds is 7. The van der Waals surface area contributed by atoms with Crippen LogP contribution in [0.2, 0.25) is 5.02 Å². The van der Waals surface area contributed by atoms with Crippen molar-refractivity contribution < 1.29 is 23.4 Å². The summed E-state index contributed by atoms with van der Waals surface area (Å²) >= 11 is 5.89. The Morgan fingerprint density at radius 2 is 2.12 bits per heavy atom. The van der Waals surface area contributed by atoms with Crippen LogP contribution in [0, 0.1) is 5.82 Å². The molecule has 0 unspecified atom stereocenters. The summed E-state index contributed by atoms with van der Waals surface area (Å²) in [5.41, 5.74) is 0.790. The van der Waals surface area contributed by atoms with E-state index in [4.69, 9.17) is 25.8 Å².